The summed E-state index contributed by atoms with van der Waals surface area (Å²) in [7, 11) is 0. The van der Waals surface area contributed by atoms with Crippen molar-refractivity contribution in [3.63, 3.8) is 0 Å². The van der Waals surface area contributed by atoms with Crippen molar-refractivity contribution in [3.05, 3.63) is 0 Å². The number of rotatable bonds is 3. The molecule has 0 aromatic heterocycles. The molecule has 0 radical (unpaired) electrons. The third-order valence-corrected chi connectivity index (χ3v) is 3.12. The molecule has 1 unspecified atom stereocenters. The van der Waals surface area contributed by atoms with Crippen LogP contribution in [0.1, 0.15) is 33.1 Å². The lowest BCUT2D eigenvalue weighted by Crippen LogP contribution is -2.44. The van der Waals surface area contributed by atoms with Gasteiger partial charge in [-0.05, 0) is 19.3 Å². The van der Waals surface area contributed by atoms with E-state index in [1.54, 1.807) is 4.90 Å². The minimum absolute atomic E-state index is 0.0116. The fourth-order valence-corrected chi connectivity index (χ4v) is 1.87. The number of nitrogens with zero attached hydrogens (tertiary/aromatic N) is 1. The van der Waals surface area contributed by atoms with Gasteiger partial charge in [-0.1, -0.05) is 13.8 Å². The van der Waals surface area contributed by atoms with Gasteiger partial charge in [-0.15, -0.1) is 0 Å². The molecule has 4 nitrogen and oxygen atoms in total. The summed E-state index contributed by atoms with van der Waals surface area (Å²) in [6, 6.07) is 0. The smallest absolute Gasteiger partial charge is 0.308 e. The van der Waals surface area contributed by atoms with Crippen molar-refractivity contribution >= 4 is 11.9 Å². The molecule has 0 aromatic rings. The molecule has 1 aliphatic rings. The van der Waals surface area contributed by atoms with Crippen LogP contribution in [0, 0.1) is 11.8 Å². The van der Waals surface area contributed by atoms with Crippen LogP contribution < -0.4 is 0 Å². The lowest BCUT2D eigenvalue weighted by molar-refractivity contribution is -0.146. The lowest BCUT2D eigenvalue weighted by atomic mass is 9.96. The zero-order valence-corrected chi connectivity index (χ0v) is 9.40. The number of amides is 1. The Labute approximate surface area is 90.3 Å². The van der Waals surface area contributed by atoms with Gasteiger partial charge >= 0.3 is 5.97 Å². The van der Waals surface area contributed by atoms with E-state index < -0.39 is 5.97 Å². The molecular formula is C11H19NO3. The molecule has 0 spiro atoms. The molecule has 1 amide bonds. The Kier molecular flexibility index (Phi) is 4.12. The van der Waals surface area contributed by atoms with Crippen molar-refractivity contribution in [2.75, 3.05) is 13.1 Å². The number of aliphatic carboxylic acids is 1. The minimum Gasteiger partial charge on any atom is -0.481 e. The second-order valence-corrected chi connectivity index (χ2v) is 4.27. The third-order valence-electron chi connectivity index (χ3n) is 3.12. The predicted octanol–water partition coefficient (Wildman–Crippen LogP) is 1.36. The van der Waals surface area contributed by atoms with E-state index in [-0.39, 0.29) is 17.7 Å². The Balaban J connectivity index is 2.56. The van der Waals surface area contributed by atoms with Crippen LogP contribution in [0.2, 0.25) is 0 Å². The van der Waals surface area contributed by atoms with E-state index in [9.17, 15) is 9.59 Å². The van der Waals surface area contributed by atoms with Crippen LogP contribution in [-0.4, -0.2) is 35.0 Å². The van der Waals surface area contributed by atoms with Crippen molar-refractivity contribution in [1.29, 1.82) is 0 Å². The molecule has 1 fully saturated rings. The number of hydrogen-bond acceptors (Lipinski definition) is 2. The average Bonchev–Trinajstić information content (AvgIpc) is 2.27. The van der Waals surface area contributed by atoms with Crippen LogP contribution >= 0.6 is 0 Å². The zero-order chi connectivity index (χ0) is 11.4. The first-order valence-corrected chi connectivity index (χ1v) is 5.57. The molecule has 4 heteroatoms. The van der Waals surface area contributed by atoms with Crippen LogP contribution in [-0.2, 0) is 9.59 Å². The zero-order valence-electron chi connectivity index (χ0n) is 9.40. The van der Waals surface area contributed by atoms with E-state index in [0.717, 1.165) is 12.8 Å². The molecule has 0 aromatic carbocycles. The number of piperidine rings is 1. The van der Waals surface area contributed by atoms with Gasteiger partial charge in [0.2, 0.25) is 5.91 Å². The quantitative estimate of drug-likeness (QED) is 0.770. The highest BCUT2D eigenvalue weighted by Crippen LogP contribution is 2.19. The van der Waals surface area contributed by atoms with E-state index in [4.69, 9.17) is 5.11 Å². The number of carboxylic acids is 1. The van der Waals surface area contributed by atoms with Gasteiger partial charge in [-0.25, -0.2) is 0 Å². The van der Waals surface area contributed by atoms with Crippen LogP contribution in [0.5, 0.6) is 0 Å². The first-order valence-electron chi connectivity index (χ1n) is 5.57. The molecule has 1 saturated heterocycles. The molecule has 0 bridgehead atoms. The van der Waals surface area contributed by atoms with Gasteiger partial charge in [-0.3, -0.25) is 9.59 Å². The normalized spacial score (nSPS) is 23.6. The van der Waals surface area contributed by atoms with Crippen molar-refractivity contribution in [1.82, 2.24) is 4.90 Å². The third kappa shape index (κ3) is 2.94. The van der Waals surface area contributed by atoms with E-state index in [2.05, 4.69) is 0 Å². The molecule has 2 atom stereocenters. The van der Waals surface area contributed by atoms with Crippen LogP contribution in [0.4, 0.5) is 0 Å². The summed E-state index contributed by atoms with van der Waals surface area (Å²) in [5.41, 5.74) is 0. The first kappa shape index (κ1) is 12.0. The maximum atomic E-state index is 11.8. The molecule has 0 aliphatic carbocycles. The lowest BCUT2D eigenvalue weighted by Gasteiger charge is -2.32. The average molecular weight is 213 g/mol. The summed E-state index contributed by atoms with van der Waals surface area (Å²) >= 11 is 0. The highest BCUT2D eigenvalue weighted by Gasteiger charge is 2.29. The van der Waals surface area contributed by atoms with Gasteiger partial charge in [0.15, 0.2) is 0 Å². The van der Waals surface area contributed by atoms with E-state index in [1.807, 2.05) is 13.8 Å². The van der Waals surface area contributed by atoms with Crippen LogP contribution in [0.3, 0.4) is 0 Å². The molecule has 86 valence electrons. The van der Waals surface area contributed by atoms with Gasteiger partial charge in [0.1, 0.15) is 0 Å². The van der Waals surface area contributed by atoms with Crippen molar-refractivity contribution in [2.45, 2.75) is 33.1 Å². The Morgan fingerprint density at radius 2 is 2.20 bits per heavy atom. The monoisotopic (exact) mass is 213 g/mol. The first-order chi connectivity index (χ1) is 7.06. The molecular weight excluding hydrogens is 194 g/mol. The highest BCUT2D eigenvalue weighted by atomic mass is 16.4. The molecule has 1 rings (SSSR count). The summed E-state index contributed by atoms with van der Waals surface area (Å²) in [5, 5.41) is 8.90. The fourth-order valence-electron chi connectivity index (χ4n) is 1.87. The van der Waals surface area contributed by atoms with E-state index in [1.165, 1.54) is 0 Å². The largest absolute Gasteiger partial charge is 0.481 e. The molecule has 1 aliphatic heterocycles. The Hall–Kier alpha value is -1.06. The van der Waals surface area contributed by atoms with Crippen molar-refractivity contribution < 1.29 is 14.7 Å². The topological polar surface area (TPSA) is 57.6 Å². The molecule has 1 N–H and O–H groups in total. The SMILES string of the molecule is CCC(C)C(=O)N1CCC[C@@H](C(=O)O)C1. The summed E-state index contributed by atoms with van der Waals surface area (Å²) in [6.45, 7) is 4.97. The van der Waals surface area contributed by atoms with Gasteiger partial charge in [0.05, 0.1) is 5.92 Å². The highest BCUT2D eigenvalue weighted by molar-refractivity contribution is 5.79. The molecule has 1 heterocycles. The van der Waals surface area contributed by atoms with Crippen LogP contribution in [0.25, 0.3) is 0 Å². The fraction of sp³-hybridized carbons (Fsp3) is 0.818. The Bertz CT molecular complexity index is 252. The Morgan fingerprint density at radius 1 is 1.53 bits per heavy atom. The minimum atomic E-state index is -0.781. The summed E-state index contributed by atoms with van der Waals surface area (Å²) in [4.78, 5) is 24.4. The number of hydrogen-bond donors (Lipinski definition) is 1. The van der Waals surface area contributed by atoms with E-state index in [0.29, 0.717) is 19.5 Å². The maximum Gasteiger partial charge on any atom is 0.308 e. The van der Waals surface area contributed by atoms with Gasteiger partial charge in [0, 0.05) is 19.0 Å². The summed E-state index contributed by atoms with van der Waals surface area (Å²) < 4.78 is 0. The van der Waals surface area contributed by atoms with Gasteiger partial charge < -0.3 is 10.0 Å². The second kappa shape index (κ2) is 5.14. The van der Waals surface area contributed by atoms with Crippen LogP contribution in [0.15, 0.2) is 0 Å². The maximum absolute atomic E-state index is 11.8. The standard InChI is InChI=1S/C11H19NO3/c1-3-8(2)10(13)12-6-4-5-9(7-12)11(14)15/h8-9H,3-7H2,1-2H3,(H,14,15)/t8?,9-/m1/s1. The number of likely N-dealkylation sites (tertiary alicyclic amines) is 1. The molecule has 0 saturated carbocycles. The van der Waals surface area contributed by atoms with Crippen molar-refractivity contribution in [2.24, 2.45) is 11.8 Å². The second-order valence-electron chi connectivity index (χ2n) is 4.27. The van der Waals surface area contributed by atoms with Crippen molar-refractivity contribution in [3.8, 4) is 0 Å². The molecule has 15 heavy (non-hydrogen) atoms. The number of carbonyl (C=O) groups excluding carboxylic acids is 1. The van der Waals surface area contributed by atoms with E-state index >= 15 is 0 Å². The van der Waals surface area contributed by atoms with Gasteiger partial charge in [-0.2, -0.15) is 0 Å². The number of carbonyl (C=O) groups is 2. The predicted molar refractivity (Wildman–Crippen MR) is 56.4 cm³/mol. The summed E-state index contributed by atoms with van der Waals surface area (Å²) in [6.07, 6.45) is 2.31. The summed E-state index contributed by atoms with van der Waals surface area (Å²) in [5.74, 6) is -1.04. The van der Waals surface area contributed by atoms with Gasteiger partial charge in [0.25, 0.3) is 0 Å². The Morgan fingerprint density at radius 3 is 2.73 bits per heavy atom. The number of carboxylic acid groups (broad SMARTS) is 1.